The Bertz CT molecular complexity index is 631. The first kappa shape index (κ1) is 15.6. The third-order valence-electron chi connectivity index (χ3n) is 2.77. The molecule has 0 aromatic heterocycles. The summed E-state index contributed by atoms with van der Waals surface area (Å²) in [6.07, 6.45) is 3.65. The number of benzene rings is 2. The maximum atomic E-state index is 6.09. The minimum atomic E-state index is 0.443. The van der Waals surface area contributed by atoms with E-state index in [1.54, 1.807) is 12.1 Å². The number of oxime groups is 1. The lowest BCUT2D eigenvalue weighted by Gasteiger charge is -2.01. The molecule has 0 radical (unpaired) electrons. The van der Waals surface area contributed by atoms with Crippen LogP contribution in [0.3, 0.4) is 0 Å². The molecule has 0 aliphatic heterocycles. The minimum absolute atomic E-state index is 0.443. The number of nitrogens with zero attached hydrogens (tertiary/aromatic N) is 1. The van der Waals surface area contributed by atoms with E-state index in [0.29, 0.717) is 16.7 Å². The molecule has 0 N–H and O–H groups in total. The van der Waals surface area contributed by atoms with Crippen molar-refractivity contribution in [3.8, 4) is 0 Å². The van der Waals surface area contributed by atoms with Crippen LogP contribution in [-0.2, 0) is 11.4 Å². The molecule has 0 fully saturated rings. The summed E-state index contributed by atoms with van der Waals surface area (Å²) in [4.78, 5) is 5.30. The van der Waals surface area contributed by atoms with Crippen LogP contribution in [0.25, 0.3) is 6.08 Å². The van der Waals surface area contributed by atoms with E-state index in [9.17, 15) is 0 Å². The Hall–Kier alpha value is -1.77. The first-order valence-corrected chi connectivity index (χ1v) is 7.25. The van der Waals surface area contributed by atoms with Crippen LogP contribution in [0.1, 0.15) is 18.1 Å². The van der Waals surface area contributed by atoms with Crippen molar-refractivity contribution >= 4 is 35.0 Å². The second-order valence-corrected chi connectivity index (χ2v) is 5.27. The summed E-state index contributed by atoms with van der Waals surface area (Å²) in [5, 5.41) is 5.25. The Morgan fingerprint density at radius 1 is 1.05 bits per heavy atom. The van der Waals surface area contributed by atoms with Crippen LogP contribution in [0, 0.1) is 0 Å². The molecule has 0 saturated carbocycles. The largest absolute Gasteiger partial charge is 0.391 e. The van der Waals surface area contributed by atoms with Crippen molar-refractivity contribution in [1.29, 1.82) is 0 Å². The molecule has 0 spiro atoms. The molecular formula is C17H15Cl2NO. The molecule has 2 nitrogen and oxygen atoms in total. The lowest BCUT2D eigenvalue weighted by molar-refractivity contribution is 0.130. The van der Waals surface area contributed by atoms with Crippen molar-refractivity contribution in [2.24, 2.45) is 5.16 Å². The van der Waals surface area contributed by atoms with Gasteiger partial charge in [-0.25, -0.2) is 0 Å². The zero-order chi connectivity index (χ0) is 15.1. The van der Waals surface area contributed by atoms with Gasteiger partial charge in [0.05, 0.1) is 5.71 Å². The van der Waals surface area contributed by atoms with Gasteiger partial charge in [0.2, 0.25) is 0 Å². The van der Waals surface area contributed by atoms with Gasteiger partial charge in [-0.1, -0.05) is 70.8 Å². The highest BCUT2D eigenvalue weighted by atomic mass is 35.5. The van der Waals surface area contributed by atoms with Crippen LogP contribution in [-0.4, -0.2) is 5.71 Å². The molecule has 0 bridgehead atoms. The predicted octanol–water partition coefficient (Wildman–Crippen LogP) is 5.60. The molecular weight excluding hydrogens is 305 g/mol. The molecule has 108 valence electrons. The van der Waals surface area contributed by atoms with E-state index < -0.39 is 0 Å². The fraction of sp³-hybridized carbons (Fsp3) is 0.118. The quantitative estimate of drug-likeness (QED) is 0.519. The smallest absolute Gasteiger partial charge is 0.142 e. The first-order chi connectivity index (χ1) is 10.2. The average molecular weight is 320 g/mol. The van der Waals surface area contributed by atoms with Crippen LogP contribution >= 0.6 is 23.2 Å². The molecule has 2 rings (SSSR count). The van der Waals surface area contributed by atoms with Gasteiger partial charge in [0.25, 0.3) is 0 Å². The second-order valence-electron chi connectivity index (χ2n) is 4.46. The maximum Gasteiger partial charge on any atom is 0.142 e. The van der Waals surface area contributed by atoms with E-state index in [4.69, 9.17) is 28.0 Å². The standard InChI is InChI=1S/C17H15Cl2NO/c1-13(20-21-12-14-6-3-2-4-7-14)10-11-15-16(18)8-5-9-17(15)19/h2-11H,12H2,1H3. The van der Waals surface area contributed by atoms with Crippen molar-refractivity contribution < 1.29 is 4.84 Å². The van der Waals surface area contributed by atoms with Gasteiger partial charge in [-0.05, 0) is 30.7 Å². The summed E-state index contributed by atoms with van der Waals surface area (Å²) in [5.74, 6) is 0. The molecule has 0 aliphatic carbocycles. The second kappa shape index (κ2) is 7.87. The lowest BCUT2D eigenvalue weighted by atomic mass is 10.2. The normalized spacial score (nSPS) is 11.9. The summed E-state index contributed by atoms with van der Waals surface area (Å²) in [6.45, 7) is 2.30. The SMILES string of the molecule is CC(C=Cc1c(Cl)cccc1Cl)=NOCc1ccccc1. The lowest BCUT2D eigenvalue weighted by Crippen LogP contribution is -1.91. The Morgan fingerprint density at radius 3 is 2.38 bits per heavy atom. The fourth-order valence-corrected chi connectivity index (χ4v) is 2.21. The number of hydrogen-bond acceptors (Lipinski definition) is 2. The highest BCUT2D eigenvalue weighted by Crippen LogP contribution is 2.25. The van der Waals surface area contributed by atoms with E-state index in [1.807, 2.05) is 55.5 Å². The van der Waals surface area contributed by atoms with Crippen molar-refractivity contribution in [2.75, 3.05) is 0 Å². The minimum Gasteiger partial charge on any atom is -0.391 e. The van der Waals surface area contributed by atoms with Crippen LogP contribution in [0.2, 0.25) is 10.0 Å². The molecule has 2 aromatic rings. The average Bonchev–Trinajstić information content (AvgIpc) is 2.48. The predicted molar refractivity (Wildman–Crippen MR) is 89.8 cm³/mol. The number of halogens is 2. The third-order valence-corrected chi connectivity index (χ3v) is 3.43. The van der Waals surface area contributed by atoms with Gasteiger partial charge >= 0.3 is 0 Å². The van der Waals surface area contributed by atoms with E-state index in [-0.39, 0.29) is 0 Å². The monoisotopic (exact) mass is 319 g/mol. The molecule has 2 aromatic carbocycles. The third kappa shape index (κ3) is 4.92. The fourth-order valence-electron chi connectivity index (χ4n) is 1.69. The van der Waals surface area contributed by atoms with Crippen LogP contribution in [0.5, 0.6) is 0 Å². The molecule has 0 atom stereocenters. The van der Waals surface area contributed by atoms with Gasteiger partial charge in [0, 0.05) is 15.6 Å². The Kier molecular flexibility index (Phi) is 5.85. The van der Waals surface area contributed by atoms with Gasteiger partial charge in [0.15, 0.2) is 0 Å². The molecule has 21 heavy (non-hydrogen) atoms. The summed E-state index contributed by atoms with van der Waals surface area (Å²) < 4.78 is 0. The highest BCUT2D eigenvalue weighted by Gasteiger charge is 2.01. The molecule has 4 heteroatoms. The molecule has 0 amide bonds. The first-order valence-electron chi connectivity index (χ1n) is 6.49. The maximum absolute atomic E-state index is 6.09. The van der Waals surface area contributed by atoms with Gasteiger partial charge in [-0.15, -0.1) is 0 Å². The molecule has 0 unspecified atom stereocenters. The van der Waals surface area contributed by atoms with E-state index in [1.165, 1.54) is 0 Å². The van der Waals surface area contributed by atoms with Crippen LogP contribution in [0.4, 0.5) is 0 Å². The number of hydrogen-bond donors (Lipinski definition) is 0. The zero-order valence-corrected chi connectivity index (χ0v) is 13.1. The van der Waals surface area contributed by atoms with Crippen molar-refractivity contribution in [1.82, 2.24) is 0 Å². The summed E-state index contributed by atoms with van der Waals surface area (Å²) in [5.41, 5.74) is 2.59. The van der Waals surface area contributed by atoms with Crippen molar-refractivity contribution in [3.63, 3.8) is 0 Å². The summed E-state index contributed by atoms with van der Waals surface area (Å²) >= 11 is 12.2. The number of allylic oxidation sites excluding steroid dienone is 1. The van der Waals surface area contributed by atoms with Gasteiger partial charge in [0.1, 0.15) is 6.61 Å². The summed E-state index contributed by atoms with van der Waals surface area (Å²) in [6, 6.07) is 15.3. The van der Waals surface area contributed by atoms with E-state index in [2.05, 4.69) is 5.16 Å². The Labute approximate surface area is 134 Å². The van der Waals surface area contributed by atoms with E-state index >= 15 is 0 Å². The summed E-state index contributed by atoms with van der Waals surface area (Å²) in [7, 11) is 0. The molecule has 0 aliphatic rings. The van der Waals surface area contributed by atoms with Crippen LogP contribution in [0.15, 0.2) is 59.8 Å². The van der Waals surface area contributed by atoms with E-state index in [0.717, 1.165) is 16.8 Å². The zero-order valence-electron chi connectivity index (χ0n) is 11.6. The molecule has 0 saturated heterocycles. The number of rotatable bonds is 5. The topological polar surface area (TPSA) is 21.6 Å². The van der Waals surface area contributed by atoms with Crippen LogP contribution < -0.4 is 0 Å². The highest BCUT2D eigenvalue weighted by molar-refractivity contribution is 6.37. The Balaban J connectivity index is 1.96. The van der Waals surface area contributed by atoms with Gasteiger partial charge in [-0.3, -0.25) is 0 Å². The van der Waals surface area contributed by atoms with Gasteiger partial charge in [-0.2, -0.15) is 0 Å². The Morgan fingerprint density at radius 2 is 1.71 bits per heavy atom. The van der Waals surface area contributed by atoms with Crippen molar-refractivity contribution in [3.05, 3.63) is 75.8 Å². The molecule has 0 heterocycles. The van der Waals surface area contributed by atoms with Crippen molar-refractivity contribution in [2.45, 2.75) is 13.5 Å². The van der Waals surface area contributed by atoms with Gasteiger partial charge < -0.3 is 4.84 Å².